The Kier molecular flexibility index (Phi) is 5.49. The molecule has 0 unspecified atom stereocenters. The Morgan fingerprint density at radius 3 is 2.88 bits per heavy atom. The summed E-state index contributed by atoms with van der Waals surface area (Å²) < 4.78 is 5.64. The first-order valence-electron chi connectivity index (χ1n) is 5.72. The maximum absolute atomic E-state index is 10.2. The molecule has 0 spiro atoms. The molecule has 0 saturated heterocycles. The average molecular weight is 237 g/mol. The van der Waals surface area contributed by atoms with E-state index in [0.717, 1.165) is 17.7 Å². The van der Waals surface area contributed by atoms with E-state index in [-0.39, 0.29) is 6.54 Å². The quantitative estimate of drug-likeness (QED) is 0.709. The number of hydrogen-bond donors (Lipinski definition) is 2. The summed E-state index contributed by atoms with van der Waals surface area (Å²) >= 11 is 0. The first-order valence-corrected chi connectivity index (χ1v) is 5.72. The summed E-state index contributed by atoms with van der Waals surface area (Å²) in [7, 11) is 0. The molecule has 0 atom stereocenters. The highest BCUT2D eigenvalue weighted by Crippen LogP contribution is 2.18. The zero-order valence-electron chi connectivity index (χ0n) is 10.3. The van der Waals surface area contributed by atoms with Gasteiger partial charge in [0, 0.05) is 0 Å². The van der Waals surface area contributed by atoms with E-state index in [0.29, 0.717) is 13.2 Å². The van der Waals surface area contributed by atoms with E-state index in [4.69, 9.17) is 9.84 Å². The molecule has 0 amide bonds. The third kappa shape index (κ3) is 5.36. The Morgan fingerprint density at radius 1 is 1.41 bits per heavy atom. The molecule has 17 heavy (non-hydrogen) atoms. The lowest BCUT2D eigenvalue weighted by Crippen LogP contribution is -2.24. The van der Waals surface area contributed by atoms with Crippen LogP contribution in [0, 0.1) is 13.8 Å². The normalized spacial score (nSPS) is 10.2. The summed E-state index contributed by atoms with van der Waals surface area (Å²) in [6.45, 7) is 5.29. The lowest BCUT2D eigenvalue weighted by atomic mass is 10.1. The third-order valence-corrected chi connectivity index (χ3v) is 2.38. The number of hydrogen-bond acceptors (Lipinski definition) is 3. The third-order valence-electron chi connectivity index (χ3n) is 2.38. The topological polar surface area (TPSA) is 58.6 Å². The predicted molar refractivity (Wildman–Crippen MR) is 66.5 cm³/mol. The predicted octanol–water partition coefficient (Wildman–Crippen LogP) is 1.75. The molecule has 1 rings (SSSR count). The van der Waals surface area contributed by atoms with Crippen LogP contribution in [0.3, 0.4) is 0 Å². The number of carboxylic acid groups (broad SMARTS) is 1. The van der Waals surface area contributed by atoms with Crippen LogP contribution in [0.4, 0.5) is 0 Å². The molecule has 0 aromatic heterocycles. The molecule has 0 bridgehead atoms. The van der Waals surface area contributed by atoms with E-state index in [2.05, 4.69) is 11.4 Å². The minimum Gasteiger partial charge on any atom is -0.493 e. The molecular formula is C13H19NO3. The molecule has 0 aliphatic rings. The number of aryl methyl sites for hydroxylation is 2. The van der Waals surface area contributed by atoms with Gasteiger partial charge in [-0.25, -0.2) is 0 Å². The Balaban J connectivity index is 2.22. The molecule has 0 heterocycles. The second kappa shape index (κ2) is 6.91. The highest BCUT2D eigenvalue weighted by molar-refractivity contribution is 5.68. The van der Waals surface area contributed by atoms with Gasteiger partial charge in [0.25, 0.3) is 0 Å². The number of aliphatic carboxylic acids is 1. The van der Waals surface area contributed by atoms with Crippen molar-refractivity contribution in [3.05, 3.63) is 29.3 Å². The van der Waals surface area contributed by atoms with Crippen molar-refractivity contribution in [2.24, 2.45) is 0 Å². The molecule has 94 valence electrons. The molecule has 1 aromatic carbocycles. The largest absolute Gasteiger partial charge is 0.493 e. The SMILES string of the molecule is Cc1ccc(C)c(OCCCNCC(=O)O)c1. The van der Waals surface area contributed by atoms with E-state index in [1.54, 1.807) is 0 Å². The lowest BCUT2D eigenvalue weighted by Gasteiger charge is -2.09. The molecule has 4 heteroatoms. The fraction of sp³-hybridized carbons (Fsp3) is 0.462. The van der Waals surface area contributed by atoms with Gasteiger partial charge < -0.3 is 15.2 Å². The minimum atomic E-state index is -0.833. The second-order valence-corrected chi connectivity index (χ2v) is 4.04. The van der Waals surface area contributed by atoms with Crippen LogP contribution >= 0.6 is 0 Å². The van der Waals surface area contributed by atoms with E-state index in [1.165, 1.54) is 5.56 Å². The van der Waals surface area contributed by atoms with Gasteiger partial charge in [0.1, 0.15) is 5.75 Å². The first-order chi connectivity index (χ1) is 8.09. The Hall–Kier alpha value is -1.55. The van der Waals surface area contributed by atoms with Crippen molar-refractivity contribution in [2.75, 3.05) is 19.7 Å². The summed E-state index contributed by atoms with van der Waals surface area (Å²) in [5.74, 6) is 0.0729. The van der Waals surface area contributed by atoms with Gasteiger partial charge in [-0.15, -0.1) is 0 Å². The number of nitrogens with one attached hydrogen (secondary N) is 1. The zero-order chi connectivity index (χ0) is 12.7. The number of rotatable bonds is 7. The van der Waals surface area contributed by atoms with Crippen molar-refractivity contribution in [1.82, 2.24) is 5.32 Å². The molecule has 4 nitrogen and oxygen atoms in total. The summed E-state index contributed by atoms with van der Waals surface area (Å²) in [4.78, 5) is 10.2. The smallest absolute Gasteiger partial charge is 0.317 e. The van der Waals surface area contributed by atoms with E-state index < -0.39 is 5.97 Å². The highest BCUT2D eigenvalue weighted by atomic mass is 16.5. The number of carboxylic acids is 1. The Morgan fingerprint density at radius 2 is 2.18 bits per heavy atom. The maximum atomic E-state index is 10.2. The van der Waals surface area contributed by atoms with Crippen molar-refractivity contribution in [2.45, 2.75) is 20.3 Å². The first kappa shape index (κ1) is 13.5. The van der Waals surface area contributed by atoms with Crippen molar-refractivity contribution in [1.29, 1.82) is 0 Å². The van der Waals surface area contributed by atoms with Gasteiger partial charge in [-0.1, -0.05) is 12.1 Å². The fourth-order valence-corrected chi connectivity index (χ4v) is 1.44. The monoisotopic (exact) mass is 237 g/mol. The summed E-state index contributed by atoms with van der Waals surface area (Å²) in [5.41, 5.74) is 2.30. The van der Waals surface area contributed by atoms with Gasteiger partial charge in [-0.05, 0) is 44.0 Å². The lowest BCUT2D eigenvalue weighted by molar-refractivity contribution is -0.135. The van der Waals surface area contributed by atoms with Crippen LogP contribution in [0.1, 0.15) is 17.5 Å². The average Bonchev–Trinajstić information content (AvgIpc) is 2.27. The maximum Gasteiger partial charge on any atom is 0.317 e. The molecule has 2 N–H and O–H groups in total. The van der Waals surface area contributed by atoms with Crippen LogP contribution in [-0.2, 0) is 4.79 Å². The van der Waals surface area contributed by atoms with Gasteiger partial charge in [0.2, 0.25) is 0 Å². The molecule has 0 saturated carbocycles. The van der Waals surface area contributed by atoms with Crippen molar-refractivity contribution < 1.29 is 14.6 Å². The Labute approximate surface area is 102 Å². The second-order valence-electron chi connectivity index (χ2n) is 4.04. The van der Waals surface area contributed by atoms with Crippen LogP contribution in [0.25, 0.3) is 0 Å². The van der Waals surface area contributed by atoms with Gasteiger partial charge in [-0.2, -0.15) is 0 Å². The molecule has 0 radical (unpaired) electrons. The Bertz CT molecular complexity index is 377. The van der Waals surface area contributed by atoms with Crippen molar-refractivity contribution >= 4 is 5.97 Å². The minimum absolute atomic E-state index is 0.00345. The summed E-state index contributed by atoms with van der Waals surface area (Å²) in [6, 6.07) is 6.10. The van der Waals surface area contributed by atoms with Gasteiger partial charge in [0.05, 0.1) is 13.2 Å². The molecule has 0 aliphatic carbocycles. The zero-order valence-corrected chi connectivity index (χ0v) is 10.3. The van der Waals surface area contributed by atoms with Crippen LogP contribution in [0.15, 0.2) is 18.2 Å². The van der Waals surface area contributed by atoms with E-state index in [1.807, 2.05) is 26.0 Å². The molecule has 0 aliphatic heterocycles. The molecule has 0 fully saturated rings. The number of benzene rings is 1. The van der Waals surface area contributed by atoms with E-state index >= 15 is 0 Å². The molecule has 1 aromatic rings. The number of ether oxygens (including phenoxy) is 1. The van der Waals surface area contributed by atoms with Crippen LogP contribution in [0.5, 0.6) is 5.75 Å². The summed E-state index contributed by atoms with van der Waals surface area (Å²) in [6.07, 6.45) is 0.792. The highest BCUT2D eigenvalue weighted by Gasteiger charge is 2.00. The van der Waals surface area contributed by atoms with Gasteiger partial charge >= 0.3 is 5.97 Å². The number of carbonyl (C=O) groups is 1. The standard InChI is InChI=1S/C13H19NO3/c1-10-4-5-11(2)12(8-10)17-7-3-6-14-9-13(15)16/h4-5,8,14H,3,6-7,9H2,1-2H3,(H,15,16). The van der Waals surface area contributed by atoms with Crippen LogP contribution < -0.4 is 10.1 Å². The summed E-state index contributed by atoms with van der Waals surface area (Å²) in [5, 5.41) is 11.2. The van der Waals surface area contributed by atoms with Crippen LogP contribution in [0.2, 0.25) is 0 Å². The van der Waals surface area contributed by atoms with E-state index in [9.17, 15) is 4.79 Å². The van der Waals surface area contributed by atoms with Crippen molar-refractivity contribution in [3.63, 3.8) is 0 Å². The van der Waals surface area contributed by atoms with Crippen molar-refractivity contribution in [3.8, 4) is 5.75 Å². The fourth-order valence-electron chi connectivity index (χ4n) is 1.44. The molecular weight excluding hydrogens is 218 g/mol. The van der Waals surface area contributed by atoms with Crippen LogP contribution in [-0.4, -0.2) is 30.8 Å². The van der Waals surface area contributed by atoms with Gasteiger partial charge in [-0.3, -0.25) is 4.79 Å². The van der Waals surface area contributed by atoms with Gasteiger partial charge in [0.15, 0.2) is 0 Å².